The molecule has 3 nitrogen and oxygen atoms in total. The van der Waals surface area contributed by atoms with Crippen LogP contribution >= 0.6 is 11.3 Å². The van der Waals surface area contributed by atoms with Gasteiger partial charge in [-0.15, -0.1) is 11.3 Å². The van der Waals surface area contributed by atoms with Crippen LogP contribution in [0.15, 0.2) is 109 Å². The van der Waals surface area contributed by atoms with E-state index in [4.69, 9.17) is 4.98 Å². The summed E-state index contributed by atoms with van der Waals surface area (Å²) in [6.45, 7) is 2.02. The summed E-state index contributed by atoms with van der Waals surface area (Å²) >= 11 is 1.78. The molecular weight excluding hydrogens is 465 g/mol. The lowest BCUT2D eigenvalue weighted by Crippen LogP contribution is -2.11. The van der Waals surface area contributed by atoms with Gasteiger partial charge >= 0.3 is 0 Å². The molecule has 0 aliphatic rings. The normalized spacial score (nSPS) is 11.2. The minimum atomic E-state index is -0.228. The zero-order chi connectivity index (χ0) is 24.6. The fourth-order valence-electron chi connectivity index (χ4n) is 4.56. The third kappa shape index (κ3) is 4.08. The van der Waals surface area contributed by atoms with Crippen LogP contribution < -0.4 is 9.80 Å². The van der Waals surface area contributed by atoms with Crippen LogP contribution in [0.4, 0.5) is 33.0 Å². The van der Waals surface area contributed by atoms with Crippen LogP contribution in [0, 0.1) is 12.7 Å². The molecule has 0 amide bonds. The summed E-state index contributed by atoms with van der Waals surface area (Å²) in [5.74, 6) is 0.665. The molecule has 0 aliphatic carbocycles. The van der Waals surface area contributed by atoms with E-state index in [9.17, 15) is 4.39 Å². The van der Waals surface area contributed by atoms with Crippen molar-refractivity contribution in [2.45, 2.75) is 6.92 Å². The molecule has 36 heavy (non-hydrogen) atoms. The molecule has 2 heterocycles. The number of hydrogen-bond acceptors (Lipinski definition) is 4. The summed E-state index contributed by atoms with van der Waals surface area (Å²) in [5, 5.41) is 2.47. The Labute approximate surface area is 213 Å². The highest BCUT2D eigenvalue weighted by Crippen LogP contribution is 2.41. The van der Waals surface area contributed by atoms with E-state index in [0.717, 1.165) is 34.3 Å². The topological polar surface area (TPSA) is 19.4 Å². The Hall–Kier alpha value is -4.22. The Morgan fingerprint density at radius 1 is 0.639 bits per heavy atom. The number of thiophene rings is 1. The fourth-order valence-corrected chi connectivity index (χ4v) is 5.73. The SMILES string of the molecule is Cc1cccc(N(c2ccccc2)c2ccc3c(c2)sc2cc(N(C)c4ccc(F)cc4)ccc23)n1. The number of pyridine rings is 1. The van der Waals surface area contributed by atoms with Gasteiger partial charge in [-0.1, -0.05) is 36.4 Å². The van der Waals surface area contributed by atoms with Gasteiger partial charge in [0.1, 0.15) is 11.6 Å². The number of aryl methyl sites for hydroxylation is 1. The molecule has 0 aliphatic heterocycles. The summed E-state index contributed by atoms with van der Waals surface area (Å²) in [5.41, 5.74) is 5.13. The van der Waals surface area contributed by atoms with Gasteiger partial charge in [0.05, 0.1) is 0 Å². The third-order valence-corrected chi connectivity index (χ3v) is 7.53. The average Bonchev–Trinajstić information content (AvgIpc) is 3.27. The molecule has 0 saturated heterocycles. The first-order chi connectivity index (χ1) is 17.6. The van der Waals surface area contributed by atoms with Gasteiger partial charge in [0.25, 0.3) is 0 Å². The number of rotatable bonds is 5. The van der Waals surface area contributed by atoms with Crippen LogP contribution in [0.25, 0.3) is 20.2 Å². The Bertz CT molecular complexity index is 1680. The molecule has 0 radical (unpaired) electrons. The summed E-state index contributed by atoms with van der Waals surface area (Å²) < 4.78 is 15.8. The second-order valence-electron chi connectivity index (χ2n) is 8.81. The molecule has 5 heteroatoms. The first-order valence-electron chi connectivity index (χ1n) is 11.8. The van der Waals surface area contributed by atoms with Gasteiger partial charge < -0.3 is 4.90 Å². The Kier molecular flexibility index (Phi) is 5.62. The number of para-hydroxylation sites is 1. The molecule has 0 bridgehead atoms. The number of nitrogens with zero attached hydrogens (tertiary/aromatic N) is 3. The van der Waals surface area contributed by atoms with E-state index in [-0.39, 0.29) is 5.82 Å². The molecule has 6 aromatic rings. The highest BCUT2D eigenvalue weighted by molar-refractivity contribution is 7.25. The second-order valence-corrected chi connectivity index (χ2v) is 9.89. The number of anilines is 5. The Balaban J connectivity index is 1.44. The van der Waals surface area contributed by atoms with Crippen LogP contribution in [-0.4, -0.2) is 12.0 Å². The van der Waals surface area contributed by atoms with Crippen LogP contribution in [0.3, 0.4) is 0 Å². The molecule has 0 atom stereocenters. The number of benzene rings is 4. The number of hydrogen-bond donors (Lipinski definition) is 0. The van der Waals surface area contributed by atoms with Crippen molar-refractivity contribution in [1.29, 1.82) is 0 Å². The molecule has 0 fully saturated rings. The van der Waals surface area contributed by atoms with Crippen molar-refractivity contribution in [3.05, 3.63) is 121 Å². The lowest BCUT2D eigenvalue weighted by molar-refractivity contribution is 0.628. The van der Waals surface area contributed by atoms with Gasteiger partial charge in [-0.3, -0.25) is 4.90 Å². The zero-order valence-corrected chi connectivity index (χ0v) is 20.8. The lowest BCUT2D eigenvalue weighted by atomic mass is 10.1. The van der Waals surface area contributed by atoms with Gasteiger partial charge in [-0.05, 0) is 79.7 Å². The van der Waals surface area contributed by atoms with E-state index >= 15 is 0 Å². The van der Waals surface area contributed by atoms with Crippen LogP contribution in [-0.2, 0) is 0 Å². The number of fused-ring (bicyclic) bond motifs is 3. The van der Waals surface area contributed by atoms with E-state index in [1.54, 1.807) is 23.5 Å². The molecule has 0 N–H and O–H groups in total. The maximum Gasteiger partial charge on any atom is 0.137 e. The number of halogens is 1. The van der Waals surface area contributed by atoms with Gasteiger partial charge in [0, 0.05) is 55.7 Å². The van der Waals surface area contributed by atoms with Crippen molar-refractivity contribution >= 4 is 60.1 Å². The molecule has 0 unspecified atom stereocenters. The van der Waals surface area contributed by atoms with Crippen LogP contribution in [0.2, 0.25) is 0 Å². The molecule has 0 spiro atoms. The lowest BCUT2D eigenvalue weighted by Gasteiger charge is -2.24. The monoisotopic (exact) mass is 489 g/mol. The van der Waals surface area contributed by atoms with Gasteiger partial charge in [-0.25, -0.2) is 9.37 Å². The summed E-state index contributed by atoms with van der Waals surface area (Å²) in [6, 6.07) is 36.2. The molecule has 6 rings (SSSR count). The van der Waals surface area contributed by atoms with Crippen molar-refractivity contribution in [3.8, 4) is 0 Å². The average molecular weight is 490 g/mol. The number of aromatic nitrogens is 1. The van der Waals surface area contributed by atoms with Crippen molar-refractivity contribution in [2.24, 2.45) is 0 Å². The summed E-state index contributed by atoms with van der Waals surface area (Å²) in [6.07, 6.45) is 0. The smallest absolute Gasteiger partial charge is 0.137 e. The van der Waals surface area contributed by atoms with Gasteiger partial charge in [0.2, 0.25) is 0 Å². The van der Waals surface area contributed by atoms with Crippen LogP contribution in [0.5, 0.6) is 0 Å². The Morgan fingerprint density at radius 3 is 1.97 bits per heavy atom. The third-order valence-electron chi connectivity index (χ3n) is 6.42. The van der Waals surface area contributed by atoms with E-state index in [2.05, 4.69) is 70.5 Å². The quantitative estimate of drug-likeness (QED) is 0.241. The minimum Gasteiger partial charge on any atom is -0.345 e. The summed E-state index contributed by atoms with van der Waals surface area (Å²) in [7, 11) is 2.01. The van der Waals surface area contributed by atoms with E-state index in [1.807, 2.05) is 38.2 Å². The highest BCUT2D eigenvalue weighted by Gasteiger charge is 2.16. The highest BCUT2D eigenvalue weighted by atomic mass is 32.1. The molecule has 0 saturated carbocycles. The minimum absolute atomic E-state index is 0.228. The second kappa shape index (κ2) is 9.10. The first-order valence-corrected chi connectivity index (χ1v) is 12.6. The zero-order valence-electron chi connectivity index (χ0n) is 20.0. The Morgan fingerprint density at radius 2 is 1.28 bits per heavy atom. The maximum absolute atomic E-state index is 13.4. The molecule has 176 valence electrons. The van der Waals surface area contributed by atoms with E-state index in [0.29, 0.717) is 0 Å². The summed E-state index contributed by atoms with van der Waals surface area (Å²) in [4.78, 5) is 9.09. The van der Waals surface area contributed by atoms with Crippen LogP contribution in [0.1, 0.15) is 5.69 Å². The molecular formula is C31H24FN3S. The largest absolute Gasteiger partial charge is 0.345 e. The van der Waals surface area contributed by atoms with Crippen molar-refractivity contribution in [3.63, 3.8) is 0 Å². The van der Waals surface area contributed by atoms with Crippen molar-refractivity contribution in [2.75, 3.05) is 16.8 Å². The predicted octanol–water partition coefficient (Wildman–Crippen LogP) is 9.13. The standard InChI is InChI=1S/C31H24FN3S/c1-21-7-6-10-31(33-21)35(24-8-4-3-5-9-24)26-16-18-28-27-17-15-25(19-29(27)36-30(28)20-26)34(2)23-13-11-22(32)12-14-23/h3-20H,1-2H3. The van der Waals surface area contributed by atoms with E-state index in [1.165, 1.54) is 32.3 Å². The van der Waals surface area contributed by atoms with E-state index < -0.39 is 0 Å². The molecule has 4 aromatic carbocycles. The fraction of sp³-hybridized carbons (Fsp3) is 0.0645. The van der Waals surface area contributed by atoms with Gasteiger partial charge in [-0.2, -0.15) is 0 Å². The first kappa shape index (κ1) is 22.3. The van der Waals surface area contributed by atoms with Crippen molar-refractivity contribution in [1.82, 2.24) is 4.98 Å². The maximum atomic E-state index is 13.4. The predicted molar refractivity (Wildman–Crippen MR) is 151 cm³/mol. The molecule has 2 aromatic heterocycles. The van der Waals surface area contributed by atoms with Crippen molar-refractivity contribution < 1.29 is 4.39 Å². The van der Waals surface area contributed by atoms with Gasteiger partial charge in [0.15, 0.2) is 0 Å².